The van der Waals surface area contributed by atoms with Crippen molar-refractivity contribution in [3.8, 4) is 0 Å². The van der Waals surface area contributed by atoms with E-state index in [0.717, 1.165) is 23.0 Å². The lowest BCUT2D eigenvalue weighted by Crippen LogP contribution is -2.39. The zero-order valence-electron chi connectivity index (χ0n) is 17.5. The van der Waals surface area contributed by atoms with E-state index in [-0.39, 0.29) is 5.54 Å². The normalized spacial score (nSPS) is 16.5. The van der Waals surface area contributed by atoms with E-state index in [9.17, 15) is 13.2 Å². The van der Waals surface area contributed by atoms with E-state index < -0.39 is 11.9 Å². The summed E-state index contributed by atoms with van der Waals surface area (Å²) in [4.78, 5) is 7.74. The van der Waals surface area contributed by atoms with Gasteiger partial charge in [0.1, 0.15) is 5.69 Å². The summed E-state index contributed by atoms with van der Waals surface area (Å²) in [5.41, 5.74) is 2.63. The molecule has 0 saturated carbocycles. The van der Waals surface area contributed by atoms with Crippen molar-refractivity contribution in [2.24, 2.45) is 0 Å². The van der Waals surface area contributed by atoms with Crippen molar-refractivity contribution in [3.05, 3.63) is 84.2 Å². The van der Waals surface area contributed by atoms with Gasteiger partial charge in [0.25, 0.3) is 0 Å². The third kappa shape index (κ3) is 4.82. The molecule has 1 saturated heterocycles. The van der Waals surface area contributed by atoms with E-state index in [1.54, 1.807) is 6.07 Å². The Kier molecular flexibility index (Phi) is 5.62. The SMILES string of the molecule is CC1(C)CN(c2ccnc(C(F)(F)F)c2)CN1Cc1ccccc1Nc1ccccc1. The summed E-state index contributed by atoms with van der Waals surface area (Å²) >= 11 is 0. The quantitative estimate of drug-likeness (QED) is 0.550. The lowest BCUT2D eigenvalue weighted by molar-refractivity contribution is -0.141. The maximum Gasteiger partial charge on any atom is 0.433 e. The van der Waals surface area contributed by atoms with E-state index in [1.807, 2.05) is 53.4 Å². The Bertz CT molecular complexity index is 1030. The first-order valence-electron chi connectivity index (χ1n) is 10.2. The van der Waals surface area contributed by atoms with Gasteiger partial charge in [0.2, 0.25) is 0 Å². The Balaban J connectivity index is 1.54. The minimum Gasteiger partial charge on any atom is -0.357 e. The van der Waals surface area contributed by atoms with Crippen molar-refractivity contribution >= 4 is 17.1 Å². The third-order valence-corrected chi connectivity index (χ3v) is 5.61. The molecule has 31 heavy (non-hydrogen) atoms. The van der Waals surface area contributed by atoms with Gasteiger partial charge in [-0.15, -0.1) is 0 Å². The van der Waals surface area contributed by atoms with Crippen LogP contribution in [-0.2, 0) is 12.7 Å². The van der Waals surface area contributed by atoms with E-state index in [4.69, 9.17) is 0 Å². The molecule has 162 valence electrons. The molecule has 0 atom stereocenters. The molecule has 4 nitrogen and oxygen atoms in total. The molecule has 1 N–H and O–H groups in total. The van der Waals surface area contributed by atoms with Crippen molar-refractivity contribution in [1.29, 1.82) is 0 Å². The number of nitrogens with one attached hydrogen (secondary N) is 1. The molecule has 3 aromatic rings. The monoisotopic (exact) mass is 426 g/mol. The number of rotatable bonds is 5. The lowest BCUT2D eigenvalue weighted by Gasteiger charge is -2.30. The summed E-state index contributed by atoms with van der Waals surface area (Å²) in [7, 11) is 0. The molecule has 0 bridgehead atoms. The fraction of sp³-hybridized carbons (Fsp3) is 0.292. The molecule has 1 fully saturated rings. The van der Waals surface area contributed by atoms with Gasteiger partial charge in [-0.1, -0.05) is 36.4 Å². The number of hydrogen-bond donors (Lipinski definition) is 1. The van der Waals surface area contributed by atoms with Crippen LogP contribution in [0.2, 0.25) is 0 Å². The summed E-state index contributed by atoms with van der Waals surface area (Å²) in [6.45, 7) is 6.07. The van der Waals surface area contributed by atoms with Gasteiger partial charge >= 0.3 is 6.18 Å². The molecule has 2 aromatic carbocycles. The first-order chi connectivity index (χ1) is 14.7. The van der Waals surface area contributed by atoms with E-state index in [0.29, 0.717) is 25.4 Å². The molecule has 1 aliphatic rings. The van der Waals surface area contributed by atoms with Gasteiger partial charge in [-0.3, -0.25) is 9.88 Å². The maximum atomic E-state index is 13.1. The van der Waals surface area contributed by atoms with Crippen molar-refractivity contribution in [3.63, 3.8) is 0 Å². The molecular formula is C24H25F3N4. The molecular weight excluding hydrogens is 401 g/mol. The van der Waals surface area contributed by atoms with Crippen molar-refractivity contribution in [1.82, 2.24) is 9.88 Å². The number of pyridine rings is 1. The smallest absolute Gasteiger partial charge is 0.357 e. The summed E-state index contributed by atoms with van der Waals surface area (Å²) in [5.74, 6) is 0. The van der Waals surface area contributed by atoms with Crippen LogP contribution >= 0.6 is 0 Å². The summed E-state index contributed by atoms with van der Waals surface area (Å²) in [5, 5.41) is 3.47. The molecule has 1 aromatic heterocycles. The summed E-state index contributed by atoms with van der Waals surface area (Å²) in [6, 6.07) is 20.9. The predicted molar refractivity (Wildman–Crippen MR) is 117 cm³/mol. The van der Waals surface area contributed by atoms with Crippen LogP contribution in [0.1, 0.15) is 25.1 Å². The second-order valence-corrected chi connectivity index (χ2v) is 8.39. The first kappa shape index (κ1) is 21.2. The molecule has 4 rings (SSSR count). The van der Waals surface area contributed by atoms with Gasteiger partial charge < -0.3 is 10.2 Å². The molecule has 2 heterocycles. The minimum atomic E-state index is -4.45. The standard InChI is InChI=1S/C24H25F3N4/c1-23(2)16-30(20-12-13-28-22(14-20)24(25,26)27)17-31(23)15-18-8-6-7-11-21(18)29-19-9-4-3-5-10-19/h3-14,29H,15-17H2,1-2H3. The van der Waals surface area contributed by atoms with E-state index in [2.05, 4.69) is 35.1 Å². The average molecular weight is 426 g/mol. The van der Waals surface area contributed by atoms with Crippen molar-refractivity contribution in [2.75, 3.05) is 23.4 Å². The van der Waals surface area contributed by atoms with Gasteiger partial charge in [-0.2, -0.15) is 13.2 Å². The molecule has 0 amide bonds. The second-order valence-electron chi connectivity index (χ2n) is 8.39. The van der Waals surface area contributed by atoms with Gasteiger partial charge in [-0.25, -0.2) is 0 Å². The van der Waals surface area contributed by atoms with E-state index >= 15 is 0 Å². The maximum absolute atomic E-state index is 13.1. The lowest BCUT2D eigenvalue weighted by atomic mass is 10.0. The zero-order chi connectivity index (χ0) is 22.1. The van der Waals surface area contributed by atoms with Crippen LogP contribution in [0.5, 0.6) is 0 Å². The molecule has 0 radical (unpaired) electrons. The number of para-hydroxylation sites is 2. The van der Waals surface area contributed by atoms with Crippen LogP contribution in [0.4, 0.5) is 30.2 Å². The number of alkyl halides is 3. The highest BCUT2D eigenvalue weighted by Gasteiger charge is 2.38. The molecule has 7 heteroatoms. The summed E-state index contributed by atoms with van der Waals surface area (Å²) < 4.78 is 39.3. The molecule has 0 unspecified atom stereocenters. The number of aromatic nitrogens is 1. The Labute approximate surface area is 180 Å². The fourth-order valence-electron chi connectivity index (χ4n) is 3.89. The number of anilines is 3. The van der Waals surface area contributed by atoms with Crippen LogP contribution in [0.15, 0.2) is 72.9 Å². The predicted octanol–water partition coefficient (Wildman–Crippen LogP) is 5.90. The zero-order valence-corrected chi connectivity index (χ0v) is 17.5. The summed E-state index contributed by atoms with van der Waals surface area (Å²) in [6.07, 6.45) is -3.22. The molecule has 0 spiro atoms. The second kappa shape index (κ2) is 8.23. The highest BCUT2D eigenvalue weighted by Crippen LogP contribution is 2.34. The van der Waals surface area contributed by atoms with Crippen molar-refractivity contribution < 1.29 is 13.2 Å². The number of benzene rings is 2. The minimum absolute atomic E-state index is 0.207. The number of nitrogens with zero attached hydrogens (tertiary/aromatic N) is 3. The van der Waals surface area contributed by atoms with Crippen LogP contribution in [0, 0.1) is 0 Å². The van der Waals surface area contributed by atoms with Crippen LogP contribution in [0.25, 0.3) is 0 Å². The van der Waals surface area contributed by atoms with Gasteiger partial charge in [0, 0.05) is 41.9 Å². The topological polar surface area (TPSA) is 31.4 Å². The van der Waals surface area contributed by atoms with E-state index in [1.165, 1.54) is 6.20 Å². The largest absolute Gasteiger partial charge is 0.433 e. The third-order valence-electron chi connectivity index (χ3n) is 5.61. The molecule has 1 aliphatic heterocycles. The Morgan fingerprint density at radius 3 is 2.45 bits per heavy atom. The first-order valence-corrected chi connectivity index (χ1v) is 10.2. The van der Waals surface area contributed by atoms with Crippen LogP contribution in [-0.4, -0.2) is 28.6 Å². The van der Waals surface area contributed by atoms with Crippen molar-refractivity contribution in [2.45, 2.75) is 32.1 Å². The molecule has 0 aliphatic carbocycles. The highest BCUT2D eigenvalue weighted by atomic mass is 19.4. The van der Waals surface area contributed by atoms with Gasteiger partial charge in [0.15, 0.2) is 0 Å². The van der Waals surface area contributed by atoms with Gasteiger partial charge in [-0.05, 0) is 49.7 Å². The highest BCUT2D eigenvalue weighted by molar-refractivity contribution is 5.63. The van der Waals surface area contributed by atoms with Crippen LogP contribution < -0.4 is 10.2 Å². The average Bonchev–Trinajstić information content (AvgIpc) is 3.04. The Hall–Kier alpha value is -3.06. The number of halogens is 3. The van der Waals surface area contributed by atoms with Gasteiger partial charge in [0.05, 0.1) is 6.67 Å². The fourth-order valence-corrected chi connectivity index (χ4v) is 3.89. The Morgan fingerprint density at radius 2 is 1.71 bits per heavy atom. The Morgan fingerprint density at radius 1 is 1.00 bits per heavy atom. The van der Waals surface area contributed by atoms with Crippen LogP contribution in [0.3, 0.4) is 0 Å². The number of hydrogen-bond acceptors (Lipinski definition) is 4.